The van der Waals surface area contributed by atoms with E-state index in [2.05, 4.69) is 4.72 Å². The van der Waals surface area contributed by atoms with Crippen LogP contribution in [-0.2, 0) is 24.4 Å². The number of rotatable bonds is 11. The lowest BCUT2D eigenvalue weighted by atomic mass is 9.91. The van der Waals surface area contributed by atoms with Gasteiger partial charge in [-0.2, -0.15) is 0 Å². The summed E-state index contributed by atoms with van der Waals surface area (Å²) in [5, 5.41) is 9.44. The standard InChI is InChI=1S/C23H36N2O6S/c1-15(26)19-12-17(27)13-20(19)21(28)25(3)11-7-5-4-6-8-16-14-23(16,2)22(29)24-32(30,31)18-9-10-18/h6,8,16-20,27H,4-5,7,9-14H2,1-3H3,(H,24,29)/b8-6-/t16-,17-,19+,20?,23+/m1/s1. The van der Waals surface area contributed by atoms with Crippen LogP contribution in [-0.4, -0.2) is 61.0 Å². The Bertz CT molecular complexity index is 881. The molecule has 3 rings (SSSR count). The zero-order valence-electron chi connectivity index (χ0n) is 19.2. The number of carbonyl (C=O) groups is 3. The molecule has 3 saturated carbocycles. The van der Waals surface area contributed by atoms with Gasteiger partial charge in [-0.25, -0.2) is 8.42 Å². The average molecular weight is 469 g/mol. The Morgan fingerprint density at radius 2 is 1.81 bits per heavy atom. The first-order valence-electron chi connectivity index (χ1n) is 11.6. The molecule has 0 aromatic carbocycles. The molecular weight excluding hydrogens is 432 g/mol. The number of hydrogen-bond acceptors (Lipinski definition) is 6. The topological polar surface area (TPSA) is 121 Å². The number of aliphatic hydroxyl groups excluding tert-OH is 1. The van der Waals surface area contributed by atoms with E-state index < -0.39 is 38.6 Å². The van der Waals surface area contributed by atoms with Crippen LogP contribution in [0.15, 0.2) is 12.2 Å². The number of amides is 2. The van der Waals surface area contributed by atoms with Gasteiger partial charge in [0.05, 0.1) is 22.7 Å². The number of unbranched alkanes of at least 4 members (excludes halogenated alkanes) is 2. The van der Waals surface area contributed by atoms with E-state index in [9.17, 15) is 27.9 Å². The van der Waals surface area contributed by atoms with Crippen molar-refractivity contribution in [2.75, 3.05) is 13.6 Å². The molecule has 0 aromatic rings. The predicted octanol–water partition coefficient (Wildman–Crippen LogP) is 1.78. The molecular formula is C23H36N2O6S. The fraction of sp³-hybridized carbons (Fsp3) is 0.783. The fourth-order valence-electron chi connectivity index (χ4n) is 4.65. The van der Waals surface area contributed by atoms with Crippen LogP contribution in [0, 0.1) is 23.2 Å². The molecule has 0 saturated heterocycles. The molecule has 0 heterocycles. The van der Waals surface area contributed by atoms with Gasteiger partial charge in [0.25, 0.3) is 0 Å². The van der Waals surface area contributed by atoms with Gasteiger partial charge in [0.2, 0.25) is 21.8 Å². The Morgan fingerprint density at radius 3 is 2.44 bits per heavy atom. The normalized spacial score (nSPS) is 32.1. The molecule has 2 N–H and O–H groups in total. The SMILES string of the molecule is CC(=O)[C@@H]1C[C@@H](O)CC1C(=O)N(C)CCCC/C=C\[C@@H]1C[C@]1(C)C(=O)NS(=O)(=O)C1CC1. The first-order chi connectivity index (χ1) is 15.0. The second-order valence-corrected chi connectivity index (χ2v) is 12.0. The number of allylic oxidation sites excluding steroid dienone is 2. The van der Waals surface area contributed by atoms with E-state index in [1.54, 1.807) is 18.9 Å². The van der Waals surface area contributed by atoms with E-state index in [0.29, 0.717) is 38.6 Å². The Kier molecular flexibility index (Phi) is 7.49. The number of nitrogens with one attached hydrogen (secondary N) is 1. The number of sulfonamides is 1. The van der Waals surface area contributed by atoms with E-state index in [4.69, 9.17) is 0 Å². The third kappa shape index (κ3) is 5.78. The van der Waals surface area contributed by atoms with Gasteiger partial charge in [0, 0.05) is 19.5 Å². The van der Waals surface area contributed by atoms with Gasteiger partial charge in [0.15, 0.2) is 0 Å². The predicted molar refractivity (Wildman–Crippen MR) is 120 cm³/mol. The summed E-state index contributed by atoms with van der Waals surface area (Å²) in [6.45, 7) is 3.87. The first kappa shape index (κ1) is 24.9. The fourth-order valence-corrected chi connectivity index (χ4v) is 6.06. The Balaban J connectivity index is 1.34. The molecule has 1 unspecified atom stereocenters. The number of ketones is 1. The number of hydrogen-bond donors (Lipinski definition) is 2. The summed E-state index contributed by atoms with van der Waals surface area (Å²) in [7, 11) is -1.77. The lowest BCUT2D eigenvalue weighted by Crippen LogP contribution is -2.38. The molecule has 180 valence electrons. The minimum absolute atomic E-state index is 0.0377. The number of nitrogens with zero attached hydrogens (tertiary/aromatic N) is 1. The monoisotopic (exact) mass is 468 g/mol. The van der Waals surface area contributed by atoms with Gasteiger partial charge < -0.3 is 10.0 Å². The van der Waals surface area contributed by atoms with E-state index in [0.717, 1.165) is 19.3 Å². The molecule has 9 heteroatoms. The van der Waals surface area contributed by atoms with Crippen LogP contribution in [0.5, 0.6) is 0 Å². The maximum atomic E-state index is 12.7. The highest BCUT2D eigenvalue weighted by atomic mass is 32.2. The van der Waals surface area contributed by atoms with E-state index >= 15 is 0 Å². The summed E-state index contributed by atoms with van der Waals surface area (Å²) in [5.41, 5.74) is -0.649. The molecule has 0 radical (unpaired) electrons. The molecule has 3 fully saturated rings. The molecule has 3 aliphatic rings. The average Bonchev–Trinajstić information content (AvgIpc) is 3.62. The molecule has 2 amide bonds. The molecule has 8 nitrogen and oxygen atoms in total. The molecule has 0 aromatic heterocycles. The summed E-state index contributed by atoms with van der Waals surface area (Å²) in [5.74, 6) is -1.26. The van der Waals surface area contributed by atoms with Crippen LogP contribution in [0.3, 0.4) is 0 Å². The van der Waals surface area contributed by atoms with Gasteiger partial charge in [-0.3, -0.25) is 19.1 Å². The van der Waals surface area contributed by atoms with Crippen LogP contribution in [0.1, 0.15) is 65.2 Å². The van der Waals surface area contributed by atoms with Crippen LogP contribution < -0.4 is 4.72 Å². The summed E-state index contributed by atoms with van der Waals surface area (Å²) in [6.07, 6.45) is 8.58. The molecule has 0 bridgehead atoms. The van der Waals surface area contributed by atoms with Gasteiger partial charge in [-0.1, -0.05) is 19.1 Å². The maximum absolute atomic E-state index is 12.7. The first-order valence-corrected chi connectivity index (χ1v) is 13.2. The van der Waals surface area contributed by atoms with E-state index in [1.165, 1.54) is 6.92 Å². The van der Waals surface area contributed by atoms with Crippen molar-refractivity contribution in [2.45, 2.75) is 76.6 Å². The maximum Gasteiger partial charge on any atom is 0.239 e. The summed E-state index contributed by atoms with van der Waals surface area (Å²) < 4.78 is 26.2. The van der Waals surface area contributed by atoms with Gasteiger partial charge >= 0.3 is 0 Å². The molecule has 32 heavy (non-hydrogen) atoms. The van der Waals surface area contributed by atoms with E-state index in [1.807, 2.05) is 12.2 Å². The van der Waals surface area contributed by atoms with Crippen LogP contribution in [0.4, 0.5) is 0 Å². The quantitative estimate of drug-likeness (QED) is 0.352. The summed E-state index contributed by atoms with van der Waals surface area (Å²) >= 11 is 0. The molecule has 0 aliphatic heterocycles. The Hall–Kier alpha value is -1.74. The third-order valence-electron chi connectivity index (χ3n) is 7.26. The largest absolute Gasteiger partial charge is 0.393 e. The number of carbonyl (C=O) groups excluding carboxylic acids is 3. The number of Topliss-reactive ketones (excluding diaryl/α,β-unsaturated/α-hetero) is 1. The minimum Gasteiger partial charge on any atom is -0.393 e. The highest BCUT2D eigenvalue weighted by molar-refractivity contribution is 7.90. The lowest BCUT2D eigenvalue weighted by molar-refractivity contribution is -0.138. The number of aliphatic hydroxyl groups is 1. The molecule has 5 atom stereocenters. The Morgan fingerprint density at radius 1 is 1.16 bits per heavy atom. The van der Waals surface area contributed by atoms with E-state index in [-0.39, 0.29) is 23.5 Å². The van der Waals surface area contributed by atoms with Crippen molar-refractivity contribution in [1.82, 2.24) is 9.62 Å². The summed E-state index contributed by atoms with van der Waals surface area (Å²) in [4.78, 5) is 38.5. The van der Waals surface area contributed by atoms with Gasteiger partial charge in [0.1, 0.15) is 5.78 Å². The van der Waals surface area contributed by atoms with Crippen LogP contribution in [0.2, 0.25) is 0 Å². The van der Waals surface area contributed by atoms with Crippen molar-refractivity contribution in [2.24, 2.45) is 23.2 Å². The van der Waals surface area contributed by atoms with Crippen molar-refractivity contribution < 1.29 is 27.9 Å². The van der Waals surface area contributed by atoms with Crippen molar-refractivity contribution in [3.63, 3.8) is 0 Å². The van der Waals surface area contributed by atoms with Crippen molar-refractivity contribution >= 4 is 27.6 Å². The third-order valence-corrected chi connectivity index (χ3v) is 9.07. The van der Waals surface area contributed by atoms with Crippen LogP contribution >= 0.6 is 0 Å². The highest BCUT2D eigenvalue weighted by Crippen LogP contribution is 2.53. The molecule has 0 spiro atoms. The van der Waals surface area contributed by atoms with Crippen molar-refractivity contribution in [3.8, 4) is 0 Å². The second-order valence-electron chi connectivity index (χ2n) is 10.0. The van der Waals surface area contributed by atoms with Crippen molar-refractivity contribution in [3.05, 3.63) is 12.2 Å². The smallest absolute Gasteiger partial charge is 0.239 e. The molecule has 3 aliphatic carbocycles. The van der Waals surface area contributed by atoms with Gasteiger partial charge in [-0.15, -0.1) is 0 Å². The highest BCUT2D eigenvalue weighted by Gasteiger charge is 2.56. The van der Waals surface area contributed by atoms with Crippen molar-refractivity contribution in [1.29, 1.82) is 0 Å². The van der Waals surface area contributed by atoms with Gasteiger partial charge in [-0.05, 0) is 64.2 Å². The Labute approximate surface area is 190 Å². The zero-order chi connectivity index (χ0) is 23.7. The van der Waals surface area contributed by atoms with Crippen LogP contribution in [0.25, 0.3) is 0 Å². The zero-order valence-corrected chi connectivity index (χ0v) is 20.1. The summed E-state index contributed by atoms with van der Waals surface area (Å²) in [6, 6.07) is 0. The lowest BCUT2D eigenvalue weighted by Gasteiger charge is -2.23. The second kappa shape index (κ2) is 9.63. The minimum atomic E-state index is -3.51.